The molecule has 1 rings (SSSR count). The van der Waals surface area contributed by atoms with E-state index in [1.807, 2.05) is 6.92 Å². The van der Waals surface area contributed by atoms with Crippen LogP contribution < -0.4 is 5.73 Å². The topological polar surface area (TPSA) is 49.9 Å². The van der Waals surface area contributed by atoms with E-state index in [0.29, 0.717) is 11.6 Å². The Labute approximate surface area is 117 Å². The maximum atomic E-state index is 8.44. The van der Waals surface area contributed by atoms with Gasteiger partial charge in [0.15, 0.2) is 0 Å². The molecule has 0 bridgehead atoms. The number of nitrogens with one attached hydrogen (secondary N) is 1. The summed E-state index contributed by atoms with van der Waals surface area (Å²) in [5, 5.41) is 8.44. The Bertz CT molecular complexity index is 484. The number of aryl methyl sites for hydroxylation is 1. The van der Waals surface area contributed by atoms with E-state index in [1.54, 1.807) is 6.20 Å². The minimum atomic E-state index is 0.194. The number of hydrogen-bond donors (Lipinski definition) is 2. The van der Waals surface area contributed by atoms with Crippen LogP contribution in [-0.2, 0) is 0 Å². The molecule has 0 radical (unpaired) electrons. The summed E-state index contributed by atoms with van der Waals surface area (Å²) in [7, 11) is 0. The molecule has 104 valence electrons. The van der Waals surface area contributed by atoms with Crippen molar-refractivity contribution in [1.82, 2.24) is 0 Å². The second-order valence-electron chi connectivity index (χ2n) is 5.78. The monoisotopic (exact) mass is 258 g/mol. The first-order chi connectivity index (χ1) is 8.86. The van der Waals surface area contributed by atoms with E-state index in [9.17, 15) is 0 Å². The van der Waals surface area contributed by atoms with Crippen molar-refractivity contribution in [3.8, 4) is 0 Å². The molecule has 0 aliphatic heterocycles. The Morgan fingerprint density at radius 3 is 2.47 bits per heavy atom. The largest absolute Gasteiger partial charge is 0.405 e. The fraction of sp³-hybridized carbons (Fsp3) is 0.471. The first-order valence-electron chi connectivity index (χ1n) is 6.93. The van der Waals surface area contributed by atoms with Crippen molar-refractivity contribution in [2.45, 2.75) is 47.0 Å². The van der Waals surface area contributed by atoms with Gasteiger partial charge in [-0.15, -0.1) is 0 Å². The van der Waals surface area contributed by atoms with Crippen molar-refractivity contribution in [2.75, 3.05) is 0 Å². The molecule has 0 spiro atoms. The third kappa shape index (κ3) is 3.95. The fourth-order valence-corrected chi connectivity index (χ4v) is 2.32. The van der Waals surface area contributed by atoms with Crippen molar-refractivity contribution in [1.29, 1.82) is 5.41 Å². The molecular weight excluding hydrogens is 232 g/mol. The summed E-state index contributed by atoms with van der Waals surface area (Å²) in [4.78, 5) is 0. The minimum Gasteiger partial charge on any atom is -0.405 e. The number of rotatable bonds is 5. The fourth-order valence-electron chi connectivity index (χ4n) is 2.32. The first kappa shape index (κ1) is 15.5. The van der Waals surface area contributed by atoms with Crippen LogP contribution in [0.1, 0.15) is 56.7 Å². The average Bonchev–Trinajstić information content (AvgIpc) is 2.37. The lowest BCUT2D eigenvalue weighted by atomic mass is 9.86. The van der Waals surface area contributed by atoms with E-state index in [1.165, 1.54) is 11.1 Å². The Hall–Kier alpha value is -1.57. The lowest BCUT2D eigenvalue weighted by Crippen LogP contribution is -2.15. The highest BCUT2D eigenvalue weighted by atomic mass is 14.5. The van der Waals surface area contributed by atoms with Crippen molar-refractivity contribution in [3.05, 3.63) is 46.7 Å². The minimum absolute atomic E-state index is 0.194. The molecule has 19 heavy (non-hydrogen) atoms. The van der Waals surface area contributed by atoms with Gasteiger partial charge in [-0.25, -0.2) is 0 Å². The molecule has 1 unspecified atom stereocenters. The Balaban J connectivity index is 3.05. The van der Waals surface area contributed by atoms with Crippen LogP contribution in [0.5, 0.6) is 0 Å². The quantitative estimate of drug-likeness (QED) is 0.757. The molecule has 0 saturated heterocycles. The van der Waals surface area contributed by atoms with Gasteiger partial charge in [-0.2, -0.15) is 0 Å². The molecule has 0 aliphatic rings. The van der Waals surface area contributed by atoms with Gasteiger partial charge in [0.1, 0.15) is 0 Å². The van der Waals surface area contributed by atoms with Gasteiger partial charge in [0, 0.05) is 11.6 Å². The molecule has 0 amide bonds. The van der Waals surface area contributed by atoms with Crippen molar-refractivity contribution in [2.24, 2.45) is 11.7 Å². The van der Waals surface area contributed by atoms with Crippen LogP contribution in [0.15, 0.2) is 30.0 Å². The maximum absolute atomic E-state index is 8.44. The second-order valence-corrected chi connectivity index (χ2v) is 5.78. The number of hydrogen-bond acceptors (Lipinski definition) is 2. The van der Waals surface area contributed by atoms with Crippen LogP contribution in [0, 0.1) is 18.3 Å². The van der Waals surface area contributed by atoms with Crippen LogP contribution in [-0.4, -0.2) is 5.71 Å². The van der Waals surface area contributed by atoms with Crippen LogP contribution in [0.4, 0.5) is 0 Å². The Morgan fingerprint density at radius 1 is 1.32 bits per heavy atom. The van der Waals surface area contributed by atoms with Gasteiger partial charge >= 0.3 is 0 Å². The third-order valence-electron chi connectivity index (χ3n) is 3.52. The van der Waals surface area contributed by atoms with Gasteiger partial charge in [-0.3, -0.25) is 0 Å². The standard InChI is InChI=1S/C17H26N2/c1-11(2)16-9-12(3)6-7-15(16)17(19)14(5)8-13(4)10-18/h6-7,9-11,14,19H,8,18H2,1-5H3/b13-10+,19-17?. The summed E-state index contributed by atoms with van der Waals surface area (Å²) in [5.74, 6) is 0.633. The van der Waals surface area contributed by atoms with Gasteiger partial charge < -0.3 is 11.1 Å². The van der Waals surface area contributed by atoms with E-state index >= 15 is 0 Å². The zero-order valence-electron chi connectivity index (χ0n) is 12.7. The molecule has 2 heteroatoms. The Morgan fingerprint density at radius 2 is 1.95 bits per heavy atom. The van der Waals surface area contributed by atoms with Crippen LogP contribution in [0.2, 0.25) is 0 Å². The highest BCUT2D eigenvalue weighted by Crippen LogP contribution is 2.25. The molecule has 0 aromatic heterocycles. The third-order valence-corrected chi connectivity index (χ3v) is 3.52. The first-order valence-corrected chi connectivity index (χ1v) is 6.93. The van der Waals surface area contributed by atoms with Gasteiger partial charge in [0.05, 0.1) is 0 Å². The van der Waals surface area contributed by atoms with Crippen LogP contribution >= 0.6 is 0 Å². The molecule has 1 aromatic rings. The SMILES string of the molecule is C/C(=C\N)CC(C)C(=N)c1ccc(C)cc1C(C)C. The van der Waals surface area contributed by atoms with Crippen molar-refractivity contribution >= 4 is 5.71 Å². The van der Waals surface area contributed by atoms with Crippen molar-refractivity contribution < 1.29 is 0 Å². The second kappa shape index (κ2) is 6.55. The molecule has 1 atom stereocenters. The van der Waals surface area contributed by atoms with E-state index in [2.05, 4.69) is 45.9 Å². The summed E-state index contributed by atoms with van der Waals surface area (Å²) in [5.41, 5.74) is 11.0. The number of nitrogens with two attached hydrogens (primary N) is 1. The predicted octanol–water partition coefficient (Wildman–Crippen LogP) is 4.37. The summed E-state index contributed by atoms with van der Waals surface area (Å²) in [6.07, 6.45) is 2.49. The number of benzene rings is 1. The summed E-state index contributed by atoms with van der Waals surface area (Å²) in [6, 6.07) is 6.38. The molecule has 0 saturated carbocycles. The zero-order chi connectivity index (χ0) is 14.6. The van der Waals surface area contributed by atoms with E-state index in [4.69, 9.17) is 11.1 Å². The average molecular weight is 258 g/mol. The van der Waals surface area contributed by atoms with Gasteiger partial charge in [0.2, 0.25) is 0 Å². The molecule has 0 fully saturated rings. The molecule has 2 nitrogen and oxygen atoms in total. The van der Waals surface area contributed by atoms with Crippen molar-refractivity contribution in [3.63, 3.8) is 0 Å². The highest BCUT2D eigenvalue weighted by molar-refractivity contribution is 6.01. The van der Waals surface area contributed by atoms with E-state index < -0.39 is 0 Å². The van der Waals surface area contributed by atoms with E-state index in [0.717, 1.165) is 17.6 Å². The maximum Gasteiger partial charge on any atom is 0.0420 e. The molecule has 0 heterocycles. The number of allylic oxidation sites excluding steroid dienone is 1. The van der Waals surface area contributed by atoms with Crippen LogP contribution in [0.25, 0.3) is 0 Å². The highest BCUT2D eigenvalue weighted by Gasteiger charge is 2.16. The smallest absolute Gasteiger partial charge is 0.0420 e. The molecule has 3 N–H and O–H groups in total. The Kier molecular flexibility index (Phi) is 5.34. The normalized spacial score (nSPS) is 13.7. The van der Waals surface area contributed by atoms with Gasteiger partial charge in [-0.1, -0.05) is 50.1 Å². The zero-order valence-corrected chi connectivity index (χ0v) is 12.7. The molecular formula is C17H26N2. The van der Waals surface area contributed by atoms with Gasteiger partial charge in [0.25, 0.3) is 0 Å². The molecule has 1 aromatic carbocycles. The lowest BCUT2D eigenvalue weighted by molar-refractivity contribution is 0.749. The van der Waals surface area contributed by atoms with Crippen LogP contribution in [0.3, 0.4) is 0 Å². The summed E-state index contributed by atoms with van der Waals surface area (Å²) < 4.78 is 0. The molecule has 0 aliphatic carbocycles. The summed E-state index contributed by atoms with van der Waals surface area (Å²) >= 11 is 0. The predicted molar refractivity (Wildman–Crippen MR) is 83.8 cm³/mol. The van der Waals surface area contributed by atoms with Gasteiger partial charge in [-0.05, 0) is 43.5 Å². The lowest BCUT2D eigenvalue weighted by Gasteiger charge is -2.19. The van der Waals surface area contributed by atoms with E-state index in [-0.39, 0.29) is 5.92 Å². The summed E-state index contributed by atoms with van der Waals surface area (Å²) in [6.45, 7) is 10.6.